The van der Waals surface area contributed by atoms with E-state index in [9.17, 15) is 8.42 Å². The van der Waals surface area contributed by atoms with Gasteiger partial charge in [0.25, 0.3) is 0 Å². The van der Waals surface area contributed by atoms with E-state index in [0.29, 0.717) is 18.4 Å². The third-order valence-corrected chi connectivity index (χ3v) is 5.72. The molecular formula is C12H16Cl2N2O2S. The fourth-order valence-corrected chi connectivity index (χ4v) is 3.81. The van der Waals surface area contributed by atoms with Gasteiger partial charge in [0.2, 0.25) is 10.0 Å². The zero-order valence-electron chi connectivity index (χ0n) is 10.5. The van der Waals surface area contributed by atoms with E-state index in [4.69, 9.17) is 28.9 Å². The highest BCUT2D eigenvalue weighted by atomic mass is 35.5. The molecule has 3 N–H and O–H groups in total. The van der Waals surface area contributed by atoms with Crippen molar-refractivity contribution in [3.05, 3.63) is 22.2 Å². The summed E-state index contributed by atoms with van der Waals surface area (Å²) in [6.07, 6.45) is 2.36. The normalized spacial score (nSPS) is 17.4. The van der Waals surface area contributed by atoms with Crippen LogP contribution in [-0.4, -0.2) is 15.0 Å². The van der Waals surface area contributed by atoms with Gasteiger partial charge in [-0.1, -0.05) is 30.1 Å². The molecule has 0 bridgehead atoms. The highest BCUT2D eigenvalue weighted by Crippen LogP contribution is 2.37. The number of benzene rings is 1. The predicted octanol–water partition coefficient (Wildman–Crippen LogP) is 2.90. The van der Waals surface area contributed by atoms with E-state index in [-0.39, 0.29) is 20.6 Å². The van der Waals surface area contributed by atoms with Gasteiger partial charge in [-0.25, -0.2) is 13.1 Å². The highest BCUT2D eigenvalue weighted by Gasteiger charge is 2.29. The SMILES string of the molecule is CC(CNS(=O)(=O)c1ccc(Cl)c(N)c1Cl)C1CC1. The smallest absolute Gasteiger partial charge is 0.242 e. The summed E-state index contributed by atoms with van der Waals surface area (Å²) in [7, 11) is -3.65. The van der Waals surface area contributed by atoms with Gasteiger partial charge in [-0.3, -0.25) is 0 Å². The standard InChI is InChI=1S/C12H16Cl2N2O2S/c1-7(8-2-3-8)6-16-19(17,18)10-5-4-9(13)12(15)11(10)14/h4-5,7-8,16H,2-3,6,15H2,1H3. The van der Waals surface area contributed by atoms with Crippen LogP contribution < -0.4 is 10.5 Å². The van der Waals surface area contributed by atoms with Gasteiger partial charge in [0.05, 0.1) is 15.7 Å². The maximum atomic E-state index is 12.2. The van der Waals surface area contributed by atoms with Crippen LogP contribution in [0.1, 0.15) is 19.8 Å². The molecule has 1 aromatic carbocycles. The van der Waals surface area contributed by atoms with E-state index in [0.717, 1.165) is 0 Å². The molecule has 4 nitrogen and oxygen atoms in total. The lowest BCUT2D eigenvalue weighted by atomic mass is 10.1. The van der Waals surface area contributed by atoms with Crippen molar-refractivity contribution in [2.45, 2.75) is 24.7 Å². The molecule has 1 atom stereocenters. The van der Waals surface area contributed by atoms with E-state index >= 15 is 0 Å². The Morgan fingerprint density at radius 3 is 2.63 bits per heavy atom. The van der Waals surface area contributed by atoms with Gasteiger partial charge in [-0.2, -0.15) is 0 Å². The number of nitrogen functional groups attached to an aromatic ring is 1. The van der Waals surface area contributed by atoms with E-state index in [1.807, 2.05) is 6.92 Å². The monoisotopic (exact) mass is 322 g/mol. The van der Waals surface area contributed by atoms with Crippen molar-refractivity contribution in [2.75, 3.05) is 12.3 Å². The van der Waals surface area contributed by atoms with Crippen LogP contribution in [0.5, 0.6) is 0 Å². The first kappa shape index (κ1) is 14.9. The first-order valence-corrected chi connectivity index (χ1v) is 8.30. The molecule has 2 rings (SSSR count). The summed E-state index contributed by atoms with van der Waals surface area (Å²) >= 11 is 11.7. The van der Waals surface area contributed by atoms with Gasteiger partial charge in [-0.15, -0.1) is 0 Å². The average Bonchev–Trinajstić information content (AvgIpc) is 3.17. The Morgan fingerprint density at radius 2 is 2.05 bits per heavy atom. The first-order valence-electron chi connectivity index (χ1n) is 6.06. The Morgan fingerprint density at radius 1 is 1.42 bits per heavy atom. The second-order valence-corrected chi connectivity index (χ2v) is 7.46. The molecule has 1 fully saturated rings. The molecule has 1 unspecified atom stereocenters. The summed E-state index contributed by atoms with van der Waals surface area (Å²) in [4.78, 5) is -0.0286. The minimum Gasteiger partial charge on any atom is -0.396 e. The molecule has 0 amide bonds. The van der Waals surface area contributed by atoms with Crippen molar-refractivity contribution in [3.63, 3.8) is 0 Å². The van der Waals surface area contributed by atoms with Crippen LogP contribution >= 0.6 is 23.2 Å². The highest BCUT2D eigenvalue weighted by molar-refractivity contribution is 7.89. The third-order valence-electron chi connectivity index (χ3n) is 3.40. The molecule has 0 spiro atoms. The van der Waals surface area contributed by atoms with Crippen LogP contribution in [0.25, 0.3) is 0 Å². The van der Waals surface area contributed by atoms with Crippen LogP contribution in [0.4, 0.5) is 5.69 Å². The number of halogens is 2. The number of nitrogens with two attached hydrogens (primary N) is 1. The second-order valence-electron chi connectivity index (χ2n) is 4.94. The zero-order valence-corrected chi connectivity index (χ0v) is 12.8. The van der Waals surface area contributed by atoms with Gasteiger partial charge in [0, 0.05) is 6.54 Å². The summed E-state index contributed by atoms with van der Waals surface area (Å²) < 4.78 is 26.9. The Kier molecular flexibility index (Phi) is 4.30. The predicted molar refractivity (Wildman–Crippen MR) is 78.0 cm³/mol. The maximum Gasteiger partial charge on any atom is 0.242 e. The molecule has 19 heavy (non-hydrogen) atoms. The maximum absolute atomic E-state index is 12.2. The fourth-order valence-electron chi connectivity index (χ4n) is 1.91. The van der Waals surface area contributed by atoms with E-state index in [1.165, 1.54) is 25.0 Å². The van der Waals surface area contributed by atoms with E-state index in [2.05, 4.69) is 4.72 Å². The lowest BCUT2D eigenvalue weighted by Gasteiger charge is -2.13. The molecule has 1 aliphatic rings. The lowest BCUT2D eigenvalue weighted by molar-refractivity contribution is 0.492. The van der Waals surface area contributed by atoms with Crippen LogP contribution in [-0.2, 0) is 10.0 Å². The van der Waals surface area contributed by atoms with Crippen LogP contribution in [0.15, 0.2) is 17.0 Å². The van der Waals surface area contributed by atoms with Gasteiger partial charge in [0.1, 0.15) is 4.90 Å². The molecule has 0 heterocycles. The molecule has 0 radical (unpaired) electrons. The van der Waals surface area contributed by atoms with Crippen LogP contribution in [0, 0.1) is 11.8 Å². The molecule has 7 heteroatoms. The fraction of sp³-hybridized carbons (Fsp3) is 0.500. The van der Waals surface area contributed by atoms with Crippen LogP contribution in [0.2, 0.25) is 10.0 Å². The quantitative estimate of drug-likeness (QED) is 0.819. The summed E-state index contributed by atoms with van der Waals surface area (Å²) in [6, 6.07) is 2.80. The van der Waals surface area contributed by atoms with Crippen molar-refractivity contribution in [2.24, 2.45) is 11.8 Å². The molecule has 0 aliphatic heterocycles. The molecule has 106 valence electrons. The Labute approximate surface area is 123 Å². The number of nitrogens with one attached hydrogen (secondary N) is 1. The average molecular weight is 323 g/mol. The lowest BCUT2D eigenvalue weighted by Crippen LogP contribution is -2.29. The minimum atomic E-state index is -3.65. The molecule has 1 aliphatic carbocycles. The number of hydrogen-bond donors (Lipinski definition) is 2. The molecule has 0 aromatic heterocycles. The van der Waals surface area contributed by atoms with Crippen molar-refractivity contribution < 1.29 is 8.42 Å². The summed E-state index contributed by atoms with van der Waals surface area (Å²) in [5.74, 6) is 0.964. The number of rotatable bonds is 5. The molecule has 1 saturated carbocycles. The molecule has 1 aromatic rings. The summed E-state index contributed by atoms with van der Waals surface area (Å²) in [5.41, 5.74) is 5.72. The van der Waals surface area contributed by atoms with Crippen LogP contribution in [0.3, 0.4) is 0 Å². The number of hydrogen-bond acceptors (Lipinski definition) is 3. The number of anilines is 1. The summed E-state index contributed by atoms with van der Waals surface area (Å²) in [5, 5.41) is 0.217. The van der Waals surface area contributed by atoms with Gasteiger partial charge < -0.3 is 5.73 Å². The van der Waals surface area contributed by atoms with Gasteiger partial charge in [0.15, 0.2) is 0 Å². The molecule has 0 saturated heterocycles. The number of sulfonamides is 1. The van der Waals surface area contributed by atoms with E-state index in [1.54, 1.807) is 0 Å². The zero-order chi connectivity index (χ0) is 14.2. The van der Waals surface area contributed by atoms with E-state index < -0.39 is 10.0 Å². The van der Waals surface area contributed by atoms with Crippen molar-refractivity contribution in [1.29, 1.82) is 0 Å². The second kappa shape index (κ2) is 5.48. The Bertz CT molecular complexity index is 586. The van der Waals surface area contributed by atoms with Crippen molar-refractivity contribution in [1.82, 2.24) is 4.72 Å². The third kappa shape index (κ3) is 3.34. The van der Waals surface area contributed by atoms with Gasteiger partial charge in [-0.05, 0) is 36.8 Å². The Balaban J connectivity index is 2.17. The topological polar surface area (TPSA) is 72.2 Å². The Hall–Kier alpha value is -0.490. The summed E-state index contributed by atoms with van der Waals surface area (Å²) in [6.45, 7) is 2.45. The first-order chi connectivity index (χ1) is 8.83. The van der Waals surface area contributed by atoms with Crippen molar-refractivity contribution >= 4 is 38.9 Å². The largest absolute Gasteiger partial charge is 0.396 e. The van der Waals surface area contributed by atoms with Gasteiger partial charge >= 0.3 is 0 Å². The minimum absolute atomic E-state index is 0.0286. The molecular weight excluding hydrogens is 307 g/mol. The van der Waals surface area contributed by atoms with Crippen molar-refractivity contribution in [3.8, 4) is 0 Å².